The van der Waals surface area contributed by atoms with Gasteiger partial charge in [-0.25, -0.2) is 0 Å². The lowest BCUT2D eigenvalue weighted by Gasteiger charge is -2.14. The van der Waals surface area contributed by atoms with Crippen molar-refractivity contribution in [2.75, 3.05) is 0 Å². The lowest BCUT2D eigenvalue weighted by molar-refractivity contribution is 0.496. The Labute approximate surface area is 56.4 Å². The molecule has 0 aromatic rings. The SMILES string of the molecule is C=C=CN(C=C)S(=O)[O-]. The highest BCUT2D eigenvalue weighted by Gasteiger charge is 1.86. The van der Waals surface area contributed by atoms with Crippen molar-refractivity contribution >= 4 is 11.3 Å². The van der Waals surface area contributed by atoms with E-state index < -0.39 is 11.3 Å². The molecule has 0 fully saturated rings. The molecule has 0 saturated carbocycles. The Bertz CT molecular complexity index is 170. The average Bonchev–Trinajstić information content (AvgIpc) is 1.82. The Morgan fingerprint density at radius 3 is 2.44 bits per heavy atom. The average molecular weight is 144 g/mol. The maximum atomic E-state index is 10.1. The fourth-order valence-corrected chi connectivity index (χ4v) is 0.529. The third kappa shape index (κ3) is 2.87. The molecule has 0 aliphatic rings. The summed E-state index contributed by atoms with van der Waals surface area (Å²) in [5.74, 6) is 0. The van der Waals surface area contributed by atoms with Crippen LogP contribution < -0.4 is 0 Å². The minimum absolute atomic E-state index is 0.854. The van der Waals surface area contributed by atoms with Crippen molar-refractivity contribution in [3.05, 3.63) is 31.3 Å². The van der Waals surface area contributed by atoms with E-state index in [4.69, 9.17) is 0 Å². The third-order valence-corrected chi connectivity index (χ3v) is 1.17. The van der Waals surface area contributed by atoms with Gasteiger partial charge >= 0.3 is 0 Å². The van der Waals surface area contributed by atoms with Crippen LogP contribution in [0.2, 0.25) is 0 Å². The predicted octanol–water partition coefficient (Wildman–Crippen LogP) is 0.525. The van der Waals surface area contributed by atoms with Crippen LogP contribution in [0, 0.1) is 0 Å². The maximum absolute atomic E-state index is 10.1. The van der Waals surface area contributed by atoms with Crippen molar-refractivity contribution in [3.63, 3.8) is 0 Å². The normalized spacial score (nSPS) is 11.2. The topological polar surface area (TPSA) is 43.4 Å². The van der Waals surface area contributed by atoms with Crippen LogP contribution in [-0.2, 0) is 11.3 Å². The molecule has 0 aliphatic carbocycles. The van der Waals surface area contributed by atoms with E-state index in [1.807, 2.05) is 0 Å². The highest BCUT2D eigenvalue weighted by atomic mass is 32.2. The Balaban J connectivity index is 4.15. The van der Waals surface area contributed by atoms with Gasteiger partial charge in [-0.15, -0.1) is 5.73 Å². The standard InChI is InChI=1S/C5H7NO2S/c1-3-5-6(4-2)9(7)8/h4-5H,1-2H2,(H,7,8)/p-1. The molecule has 1 atom stereocenters. The van der Waals surface area contributed by atoms with E-state index in [2.05, 4.69) is 18.9 Å². The number of hydrogen-bond acceptors (Lipinski definition) is 2. The highest BCUT2D eigenvalue weighted by Crippen LogP contribution is 1.90. The molecule has 0 N–H and O–H groups in total. The monoisotopic (exact) mass is 144 g/mol. The molecule has 0 aliphatic heterocycles. The van der Waals surface area contributed by atoms with E-state index in [0.717, 1.165) is 16.7 Å². The summed E-state index contributed by atoms with van der Waals surface area (Å²) in [7, 11) is 0. The number of hydrogen-bond donors (Lipinski definition) is 0. The van der Waals surface area contributed by atoms with Crippen LogP contribution in [0.15, 0.2) is 31.3 Å². The quantitative estimate of drug-likeness (QED) is 0.428. The summed E-state index contributed by atoms with van der Waals surface area (Å²) in [6.07, 6.45) is 2.30. The van der Waals surface area contributed by atoms with E-state index in [0.29, 0.717) is 0 Å². The zero-order chi connectivity index (χ0) is 7.28. The first-order valence-electron chi connectivity index (χ1n) is 2.08. The fraction of sp³-hybridized carbons (Fsp3) is 0. The van der Waals surface area contributed by atoms with Gasteiger partial charge in [0.15, 0.2) is 0 Å². The highest BCUT2D eigenvalue weighted by molar-refractivity contribution is 7.76. The first-order chi connectivity index (χ1) is 4.22. The van der Waals surface area contributed by atoms with Crippen LogP contribution in [0.1, 0.15) is 0 Å². The second-order valence-corrected chi connectivity index (χ2v) is 1.95. The van der Waals surface area contributed by atoms with Gasteiger partial charge in [0.2, 0.25) is 0 Å². The Morgan fingerprint density at radius 1 is 1.78 bits per heavy atom. The molecule has 9 heavy (non-hydrogen) atoms. The fourth-order valence-electron chi connectivity index (χ4n) is 0.247. The first-order valence-corrected chi connectivity index (χ1v) is 3.11. The second kappa shape index (κ2) is 4.09. The van der Waals surface area contributed by atoms with Gasteiger partial charge in [-0.2, -0.15) is 0 Å². The summed E-state index contributed by atoms with van der Waals surface area (Å²) in [6.45, 7) is 6.42. The zero-order valence-electron chi connectivity index (χ0n) is 4.74. The van der Waals surface area contributed by atoms with E-state index in [1.54, 1.807) is 0 Å². The summed E-state index contributed by atoms with van der Waals surface area (Å²) in [5.41, 5.74) is 2.29. The minimum Gasteiger partial charge on any atom is -0.755 e. The smallest absolute Gasteiger partial charge is 0.0581 e. The van der Waals surface area contributed by atoms with Crippen molar-refractivity contribution < 1.29 is 8.76 Å². The van der Waals surface area contributed by atoms with Gasteiger partial charge in [-0.3, -0.25) is 8.51 Å². The van der Waals surface area contributed by atoms with Gasteiger partial charge in [0.05, 0.1) is 17.5 Å². The molecule has 4 heteroatoms. The molecule has 0 aromatic heterocycles. The van der Waals surface area contributed by atoms with Crippen molar-refractivity contribution in [3.8, 4) is 0 Å². The minimum atomic E-state index is -2.30. The Morgan fingerprint density at radius 2 is 2.33 bits per heavy atom. The summed E-state index contributed by atoms with van der Waals surface area (Å²) in [4.78, 5) is 0. The van der Waals surface area contributed by atoms with Gasteiger partial charge in [-0.1, -0.05) is 13.2 Å². The van der Waals surface area contributed by atoms with Crippen LogP contribution in [0.4, 0.5) is 0 Å². The second-order valence-electron chi connectivity index (χ2n) is 1.09. The lowest BCUT2D eigenvalue weighted by Crippen LogP contribution is -2.10. The maximum Gasteiger partial charge on any atom is 0.0581 e. The summed E-state index contributed by atoms with van der Waals surface area (Å²) < 4.78 is 21.0. The van der Waals surface area contributed by atoms with Gasteiger partial charge in [0, 0.05) is 6.20 Å². The van der Waals surface area contributed by atoms with Crippen molar-refractivity contribution in [2.45, 2.75) is 0 Å². The van der Waals surface area contributed by atoms with Crippen LogP contribution in [0.25, 0.3) is 0 Å². The Hall–Kier alpha value is -0.830. The molecule has 0 amide bonds. The van der Waals surface area contributed by atoms with Crippen molar-refractivity contribution in [1.82, 2.24) is 4.31 Å². The summed E-state index contributed by atoms with van der Waals surface area (Å²) in [5, 5.41) is 0. The third-order valence-electron chi connectivity index (χ3n) is 0.571. The van der Waals surface area contributed by atoms with Gasteiger partial charge in [0.25, 0.3) is 0 Å². The molecule has 0 heterocycles. The zero-order valence-corrected chi connectivity index (χ0v) is 5.56. The molecule has 0 rings (SSSR count). The number of rotatable bonds is 3. The van der Waals surface area contributed by atoms with E-state index in [-0.39, 0.29) is 0 Å². The molecule has 0 spiro atoms. The molecule has 0 radical (unpaired) electrons. The molecule has 0 bridgehead atoms. The molecular weight excluding hydrogens is 138 g/mol. The summed E-state index contributed by atoms with van der Waals surface area (Å²) in [6, 6.07) is 0. The van der Waals surface area contributed by atoms with Crippen molar-refractivity contribution in [1.29, 1.82) is 0 Å². The van der Waals surface area contributed by atoms with Crippen LogP contribution >= 0.6 is 0 Å². The van der Waals surface area contributed by atoms with E-state index in [1.165, 1.54) is 0 Å². The van der Waals surface area contributed by atoms with E-state index in [9.17, 15) is 8.76 Å². The largest absolute Gasteiger partial charge is 0.755 e. The molecule has 3 nitrogen and oxygen atoms in total. The van der Waals surface area contributed by atoms with Gasteiger partial charge < -0.3 is 4.55 Å². The molecular formula is C5H6NO2S-. The first kappa shape index (κ1) is 8.17. The summed E-state index contributed by atoms with van der Waals surface area (Å²) >= 11 is -2.30. The van der Waals surface area contributed by atoms with Crippen molar-refractivity contribution in [2.24, 2.45) is 0 Å². The van der Waals surface area contributed by atoms with Gasteiger partial charge in [0.1, 0.15) is 0 Å². The lowest BCUT2D eigenvalue weighted by atomic mass is 10.8. The van der Waals surface area contributed by atoms with Gasteiger partial charge in [-0.05, 0) is 0 Å². The Kier molecular flexibility index (Phi) is 3.71. The molecule has 0 aromatic carbocycles. The van der Waals surface area contributed by atoms with E-state index >= 15 is 0 Å². The predicted molar refractivity (Wildman–Crippen MR) is 34.7 cm³/mol. The molecule has 0 saturated heterocycles. The van der Waals surface area contributed by atoms with Crippen LogP contribution in [0.3, 0.4) is 0 Å². The molecule has 50 valence electrons. The van der Waals surface area contributed by atoms with Crippen LogP contribution in [0.5, 0.6) is 0 Å². The van der Waals surface area contributed by atoms with Crippen LogP contribution in [-0.4, -0.2) is 13.1 Å². The molecule has 1 unspecified atom stereocenters. The number of nitrogens with zero attached hydrogens (tertiary/aromatic N) is 1.